The van der Waals surface area contributed by atoms with Crippen LogP contribution in [0.3, 0.4) is 0 Å². The van der Waals surface area contributed by atoms with Gasteiger partial charge >= 0.3 is 6.61 Å². The van der Waals surface area contributed by atoms with E-state index in [0.717, 1.165) is 25.7 Å². The minimum atomic E-state index is -2.98. The molecule has 0 radical (unpaired) electrons. The summed E-state index contributed by atoms with van der Waals surface area (Å²) >= 11 is 0. The van der Waals surface area contributed by atoms with E-state index in [1.807, 2.05) is 4.90 Å². The van der Waals surface area contributed by atoms with E-state index >= 15 is 0 Å². The molecule has 0 N–H and O–H groups in total. The first-order chi connectivity index (χ1) is 12.6. The number of nitrogens with zero attached hydrogens (tertiary/aromatic N) is 1. The fraction of sp³-hybridized carbons (Fsp3) is 0.526. The third-order valence-corrected chi connectivity index (χ3v) is 4.86. The van der Waals surface area contributed by atoms with Gasteiger partial charge in [0.15, 0.2) is 11.5 Å². The lowest BCUT2D eigenvalue weighted by atomic mass is 9.90. The number of hydrogen-bond acceptors (Lipinski definition) is 4. The largest absolute Gasteiger partial charge is 0.493 e. The molecule has 2 aliphatic rings. The smallest absolute Gasteiger partial charge is 0.387 e. The molecule has 0 aromatic heterocycles. The lowest BCUT2D eigenvalue weighted by molar-refractivity contribution is -0.144. The molecule has 1 heterocycles. The average molecular weight is 367 g/mol. The summed E-state index contributed by atoms with van der Waals surface area (Å²) < 4.78 is 40.8. The molecule has 1 aromatic carbocycles. The van der Waals surface area contributed by atoms with E-state index < -0.39 is 6.61 Å². The van der Waals surface area contributed by atoms with Crippen molar-refractivity contribution in [1.82, 2.24) is 4.90 Å². The number of hydrogen-bond donors (Lipinski definition) is 0. The fourth-order valence-corrected chi connectivity index (χ4v) is 3.67. The quantitative estimate of drug-likeness (QED) is 0.748. The van der Waals surface area contributed by atoms with Crippen molar-refractivity contribution in [2.75, 3.05) is 20.3 Å². The summed E-state index contributed by atoms with van der Waals surface area (Å²) in [5.74, 6) is -0.0267. The van der Waals surface area contributed by atoms with E-state index in [4.69, 9.17) is 9.47 Å². The van der Waals surface area contributed by atoms with Crippen molar-refractivity contribution in [3.8, 4) is 11.5 Å². The topological polar surface area (TPSA) is 48.0 Å². The molecule has 1 amide bonds. The number of ether oxygens (including phenoxy) is 3. The van der Waals surface area contributed by atoms with Gasteiger partial charge in [-0.05, 0) is 25.0 Å². The molecular formula is C19H23F2NO4. The number of carbonyl (C=O) groups is 1. The Morgan fingerprint density at radius 3 is 2.92 bits per heavy atom. The molecule has 2 fully saturated rings. The Morgan fingerprint density at radius 2 is 2.15 bits per heavy atom. The molecular weight excluding hydrogens is 344 g/mol. The van der Waals surface area contributed by atoms with Crippen LogP contribution in [0.2, 0.25) is 0 Å². The summed E-state index contributed by atoms with van der Waals surface area (Å²) in [5, 5.41) is 0. The van der Waals surface area contributed by atoms with Crippen molar-refractivity contribution < 1.29 is 27.8 Å². The molecule has 7 heteroatoms. The first kappa shape index (κ1) is 18.6. The number of rotatable bonds is 5. The van der Waals surface area contributed by atoms with Crippen molar-refractivity contribution in [2.45, 2.75) is 44.4 Å². The Bertz CT molecular complexity index is 663. The predicted molar refractivity (Wildman–Crippen MR) is 92.4 cm³/mol. The number of para-hydroxylation sites is 1. The SMILES string of the molecule is COc1cccc(C=CC(=O)N2CCOC3CCCCC32)c1OC(F)F. The molecule has 1 aromatic rings. The minimum absolute atomic E-state index is 0.0772. The number of alkyl halides is 2. The highest BCUT2D eigenvalue weighted by Crippen LogP contribution is 2.33. The van der Waals surface area contributed by atoms with E-state index in [2.05, 4.69) is 4.74 Å². The molecule has 0 bridgehead atoms. The van der Waals surface area contributed by atoms with Crippen molar-refractivity contribution in [3.05, 3.63) is 29.8 Å². The maximum Gasteiger partial charge on any atom is 0.387 e. The highest BCUT2D eigenvalue weighted by molar-refractivity contribution is 5.92. The van der Waals surface area contributed by atoms with E-state index in [1.165, 1.54) is 25.3 Å². The lowest BCUT2D eigenvalue weighted by Crippen LogP contribution is -2.54. The van der Waals surface area contributed by atoms with Gasteiger partial charge in [0.2, 0.25) is 5.91 Å². The molecule has 1 aliphatic carbocycles. The van der Waals surface area contributed by atoms with Crippen LogP contribution in [0.5, 0.6) is 11.5 Å². The predicted octanol–water partition coefficient (Wildman–Crippen LogP) is 3.48. The summed E-state index contributed by atoms with van der Waals surface area (Å²) in [4.78, 5) is 14.5. The Hall–Kier alpha value is -2.15. The second-order valence-corrected chi connectivity index (χ2v) is 6.38. The van der Waals surface area contributed by atoms with Gasteiger partial charge in [-0.25, -0.2) is 0 Å². The van der Waals surface area contributed by atoms with E-state index in [-0.39, 0.29) is 29.6 Å². The van der Waals surface area contributed by atoms with Crippen LogP contribution in [-0.2, 0) is 9.53 Å². The maximum absolute atomic E-state index is 12.7. The van der Waals surface area contributed by atoms with Crippen LogP contribution in [0.1, 0.15) is 31.2 Å². The molecule has 1 saturated heterocycles. The number of methoxy groups -OCH3 is 1. The zero-order chi connectivity index (χ0) is 18.5. The molecule has 1 saturated carbocycles. The standard InChI is InChI=1S/C19H23F2NO4/c1-24-16-8-4-5-13(18(16)26-19(20)21)9-10-17(23)22-11-12-25-15-7-3-2-6-14(15)22/h4-5,8-10,14-15,19H,2-3,6-7,11-12H2,1H3. The highest BCUT2D eigenvalue weighted by Gasteiger charge is 2.35. The molecule has 5 nitrogen and oxygen atoms in total. The molecule has 2 unspecified atom stereocenters. The molecule has 3 rings (SSSR count). The van der Waals surface area contributed by atoms with Gasteiger partial charge in [-0.3, -0.25) is 4.79 Å². The fourth-order valence-electron chi connectivity index (χ4n) is 3.67. The van der Waals surface area contributed by atoms with Crippen LogP contribution in [0.25, 0.3) is 6.08 Å². The first-order valence-electron chi connectivity index (χ1n) is 8.82. The number of benzene rings is 1. The number of fused-ring (bicyclic) bond motifs is 1. The van der Waals surface area contributed by atoms with E-state index in [9.17, 15) is 13.6 Å². The molecule has 0 spiro atoms. The number of morpholine rings is 1. The van der Waals surface area contributed by atoms with Crippen molar-refractivity contribution >= 4 is 12.0 Å². The van der Waals surface area contributed by atoms with Gasteiger partial charge in [0.25, 0.3) is 0 Å². The third kappa shape index (κ3) is 4.15. The summed E-state index contributed by atoms with van der Waals surface area (Å²) in [6.45, 7) is -1.90. The van der Waals surface area contributed by atoms with Crippen LogP contribution in [-0.4, -0.2) is 49.8 Å². The van der Waals surface area contributed by atoms with Gasteiger partial charge in [-0.1, -0.05) is 25.0 Å². The second kappa shape index (κ2) is 8.49. The average Bonchev–Trinajstić information content (AvgIpc) is 2.66. The first-order valence-corrected chi connectivity index (χ1v) is 8.82. The molecule has 142 valence electrons. The van der Waals surface area contributed by atoms with Crippen LogP contribution >= 0.6 is 0 Å². The van der Waals surface area contributed by atoms with Crippen molar-refractivity contribution in [2.24, 2.45) is 0 Å². The maximum atomic E-state index is 12.7. The van der Waals surface area contributed by atoms with Crippen LogP contribution < -0.4 is 9.47 Å². The molecule has 26 heavy (non-hydrogen) atoms. The summed E-state index contributed by atoms with van der Waals surface area (Å²) in [6, 6.07) is 4.89. The van der Waals surface area contributed by atoms with Crippen LogP contribution in [0.15, 0.2) is 24.3 Å². The Morgan fingerprint density at radius 1 is 1.35 bits per heavy atom. The normalized spacial score (nSPS) is 23.2. The zero-order valence-corrected chi connectivity index (χ0v) is 14.7. The summed E-state index contributed by atoms with van der Waals surface area (Å²) in [6.07, 6.45) is 7.12. The second-order valence-electron chi connectivity index (χ2n) is 6.38. The van der Waals surface area contributed by atoms with Gasteiger partial charge in [0.05, 0.1) is 25.9 Å². The number of halogens is 2. The summed E-state index contributed by atoms with van der Waals surface area (Å²) in [7, 11) is 1.38. The Labute approximate surface area is 151 Å². The van der Waals surface area contributed by atoms with Crippen molar-refractivity contribution in [1.29, 1.82) is 0 Å². The van der Waals surface area contributed by atoms with Gasteiger partial charge in [0, 0.05) is 18.2 Å². The monoisotopic (exact) mass is 367 g/mol. The third-order valence-electron chi connectivity index (χ3n) is 4.86. The molecule has 1 aliphatic heterocycles. The van der Waals surface area contributed by atoms with Crippen LogP contribution in [0, 0.1) is 0 Å². The number of amides is 1. The van der Waals surface area contributed by atoms with Gasteiger partial charge < -0.3 is 19.1 Å². The lowest BCUT2D eigenvalue weighted by Gasteiger charge is -2.43. The minimum Gasteiger partial charge on any atom is -0.493 e. The van der Waals surface area contributed by atoms with E-state index in [0.29, 0.717) is 18.7 Å². The molecule has 2 atom stereocenters. The van der Waals surface area contributed by atoms with Gasteiger partial charge in [-0.2, -0.15) is 8.78 Å². The van der Waals surface area contributed by atoms with Gasteiger partial charge in [0.1, 0.15) is 0 Å². The van der Waals surface area contributed by atoms with Crippen molar-refractivity contribution in [3.63, 3.8) is 0 Å². The Balaban J connectivity index is 1.77. The van der Waals surface area contributed by atoms with Gasteiger partial charge in [-0.15, -0.1) is 0 Å². The zero-order valence-electron chi connectivity index (χ0n) is 14.7. The number of carbonyl (C=O) groups excluding carboxylic acids is 1. The Kier molecular flexibility index (Phi) is 6.08. The van der Waals surface area contributed by atoms with Crippen LogP contribution in [0.4, 0.5) is 8.78 Å². The van der Waals surface area contributed by atoms with E-state index in [1.54, 1.807) is 12.1 Å². The highest BCUT2D eigenvalue weighted by atomic mass is 19.3. The summed E-state index contributed by atoms with van der Waals surface area (Å²) in [5.41, 5.74) is 0.367.